The van der Waals surface area contributed by atoms with Crippen molar-refractivity contribution >= 4 is 0 Å². The van der Waals surface area contributed by atoms with Crippen LogP contribution in [0.2, 0.25) is 0 Å². The van der Waals surface area contributed by atoms with Gasteiger partial charge in [-0.15, -0.1) is 0 Å². The fraction of sp³-hybridized carbons (Fsp3) is 0.500. The van der Waals surface area contributed by atoms with Gasteiger partial charge in [0.2, 0.25) is 6.79 Å². The van der Waals surface area contributed by atoms with Gasteiger partial charge in [-0.25, -0.2) is 0 Å². The van der Waals surface area contributed by atoms with Crippen molar-refractivity contribution in [2.45, 2.75) is 32.2 Å². The van der Waals surface area contributed by atoms with Crippen molar-refractivity contribution in [1.82, 2.24) is 0 Å². The normalized spacial score (nSPS) is 17.5. The van der Waals surface area contributed by atoms with E-state index in [4.69, 9.17) is 15.2 Å². The Morgan fingerprint density at radius 1 is 1.33 bits per heavy atom. The zero-order valence-corrected chi connectivity index (χ0v) is 9.19. The van der Waals surface area contributed by atoms with E-state index in [1.807, 2.05) is 19.1 Å². The fourth-order valence-corrected chi connectivity index (χ4v) is 2.03. The van der Waals surface area contributed by atoms with Crippen LogP contribution in [0.3, 0.4) is 0 Å². The number of nitrogens with two attached hydrogens (primary N) is 1. The number of hydrogen-bond donors (Lipinski definition) is 1. The molecule has 0 amide bonds. The molecule has 2 unspecified atom stereocenters. The first-order chi connectivity index (χ1) is 7.18. The lowest BCUT2D eigenvalue weighted by Gasteiger charge is -2.15. The van der Waals surface area contributed by atoms with Crippen LogP contribution in [0.4, 0.5) is 0 Å². The molecule has 1 aromatic carbocycles. The highest BCUT2D eigenvalue weighted by Crippen LogP contribution is 2.39. The van der Waals surface area contributed by atoms with Gasteiger partial charge in [0.05, 0.1) is 0 Å². The van der Waals surface area contributed by atoms with Crippen LogP contribution >= 0.6 is 0 Å². The summed E-state index contributed by atoms with van der Waals surface area (Å²) in [4.78, 5) is 0. The molecule has 82 valence electrons. The number of rotatable bonds is 3. The summed E-state index contributed by atoms with van der Waals surface area (Å²) in [7, 11) is 0. The summed E-state index contributed by atoms with van der Waals surface area (Å²) >= 11 is 0. The average Bonchev–Trinajstić information content (AvgIpc) is 2.63. The Morgan fingerprint density at radius 3 is 2.87 bits per heavy atom. The van der Waals surface area contributed by atoms with Crippen LogP contribution in [0.5, 0.6) is 11.5 Å². The molecule has 2 atom stereocenters. The molecule has 0 spiro atoms. The fourth-order valence-electron chi connectivity index (χ4n) is 2.03. The van der Waals surface area contributed by atoms with Crippen molar-refractivity contribution in [1.29, 1.82) is 0 Å². The molecule has 0 fully saturated rings. The molecule has 0 bridgehead atoms. The molecule has 0 aromatic heterocycles. The van der Waals surface area contributed by atoms with Crippen LogP contribution < -0.4 is 15.2 Å². The molecular weight excluding hydrogens is 190 g/mol. The molecule has 1 aliphatic rings. The van der Waals surface area contributed by atoms with Gasteiger partial charge in [0.25, 0.3) is 0 Å². The summed E-state index contributed by atoms with van der Waals surface area (Å²) in [6.07, 6.45) is 0.958. The van der Waals surface area contributed by atoms with Crippen molar-refractivity contribution in [3.05, 3.63) is 23.8 Å². The number of ether oxygens (including phenoxy) is 2. The van der Waals surface area contributed by atoms with E-state index in [2.05, 4.69) is 13.0 Å². The molecule has 0 saturated heterocycles. The number of para-hydroxylation sites is 1. The van der Waals surface area contributed by atoms with Gasteiger partial charge in [0.15, 0.2) is 11.5 Å². The minimum atomic E-state index is 0.207. The van der Waals surface area contributed by atoms with Gasteiger partial charge in [-0.2, -0.15) is 0 Å². The Bertz CT molecular complexity index is 349. The molecule has 2 N–H and O–H groups in total. The van der Waals surface area contributed by atoms with Crippen LogP contribution in [0.15, 0.2) is 18.2 Å². The lowest BCUT2D eigenvalue weighted by molar-refractivity contribution is 0.173. The third-order valence-corrected chi connectivity index (χ3v) is 2.68. The van der Waals surface area contributed by atoms with E-state index in [0.29, 0.717) is 12.7 Å². The summed E-state index contributed by atoms with van der Waals surface area (Å²) in [5.74, 6) is 2.15. The minimum absolute atomic E-state index is 0.207. The standard InChI is InChI=1S/C12H17NO2/c1-8(6-9(2)13)10-4-3-5-11-12(10)15-7-14-11/h3-5,8-9H,6-7,13H2,1-2H3. The topological polar surface area (TPSA) is 44.5 Å². The van der Waals surface area contributed by atoms with Crippen molar-refractivity contribution in [3.8, 4) is 11.5 Å². The number of fused-ring (bicyclic) bond motifs is 1. The van der Waals surface area contributed by atoms with Crippen LogP contribution in [0.1, 0.15) is 31.7 Å². The second-order valence-corrected chi connectivity index (χ2v) is 4.20. The Labute approximate surface area is 90.2 Å². The maximum Gasteiger partial charge on any atom is 0.231 e. The Morgan fingerprint density at radius 2 is 2.13 bits per heavy atom. The summed E-state index contributed by atoms with van der Waals surface area (Å²) in [5.41, 5.74) is 7.00. The van der Waals surface area contributed by atoms with Crippen LogP contribution in [-0.2, 0) is 0 Å². The molecular formula is C12H17NO2. The van der Waals surface area contributed by atoms with Crippen LogP contribution in [0.25, 0.3) is 0 Å². The smallest absolute Gasteiger partial charge is 0.231 e. The van der Waals surface area contributed by atoms with Crippen LogP contribution in [-0.4, -0.2) is 12.8 Å². The summed E-state index contributed by atoms with van der Waals surface area (Å²) in [6.45, 7) is 4.52. The predicted molar refractivity (Wildman–Crippen MR) is 59.2 cm³/mol. The number of hydrogen-bond acceptors (Lipinski definition) is 3. The van der Waals surface area contributed by atoms with E-state index in [-0.39, 0.29) is 6.04 Å². The Kier molecular flexibility index (Phi) is 2.82. The van der Waals surface area contributed by atoms with Crippen molar-refractivity contribution in [3.63, 3.8) is 0 Å². The van der Waals surface area contributed by atoms with Gasteiger partial charge in [-0.3, -0.25) is 0 Å². The first-order valence-corrected chi connectivity index (χ1v) is 5.32. The molecule has 0 radical (unpaired) electrons. The average molecular weight is 207 g/mol. The SMILES string of the molecule is CC(N)CC(C)c1cccc2c1OCO2. The molecule has 0 aliphatic carbocycles. The largest absolute Gasteiger partial charge is 0.454 e. The highest BCUT2D eigenvalue weighted by atomic mass is 16.7. The summed E-state index contributed by atoms with van der Waals surface area (Å²) in [6, 6.07) is 6.23. The molecule has 15 heavy (non-hydrogen) atoms. The van der Waals surface area contributed by atoms with Gasteiger partial charge < -0.3 is 15.2 Å². The first-order valence-electron chi connectivity index (χ1n) is 5.32. The molecule has 1 heterocycles. The summed E-state index contributed by atoms with van der Waals surface area (Å²) in [5, 5.41) is 0. The lowest BCUT2D eigenvalue weighted by Crippen LogP contribution is -2.17. The van der Waals surface area contributed by atoms with Crippen molar-refractivity contribution in [2.24, 2.45) is 5.73 Å². The Balaban J connectivity index is 2.24. The van der Waals surface area contributed by atoms with Gasteiger partial charge in [0, 0.05) is 11.6 Å². The zero-order valence-electron chi connectivity index (χ0n) is 9.19. The quantitative estimate of drug-likeness (QED) is 0.826. The third kappa shape index (κ3) is 2.07. The molecule has 2 rings (SSSR count). The van der Waals surface area contributed by atoms with Crippen molar-refractivity contribution in [2.75, 3.05) is 6.79 Å². The summed E-state index contributed by atoms with van der Waals surface area (Å²) < 4.78 is 10.8. The van der Waals surface area contributed by atoms with Gasteiger partial charge in [-0.1, -0.05) is 19.1 Å². The maximum absolute atomic E-state index is 5.80. The molecule has 0 saturated carbocycles. The molecule has 3 heteroatoms. The van der Waals surface area contributed by atoms with E-state index in [1.54, 1.807) is 0 Å². The maximum atomic E-state index is 5.80. The highest BCUT2D eigenvalue weighted by molar-refractivity contribution is 5.49. The number of benzene rings is 1. The lowest BCUT2D eigenvalue weighted by atomic mass is 9.94. The minimum Gasteiger partial charge on any atom is -0.454 e. The van der Waals surface area contributed by atoms with E-state index < -0.39 is 0 Å². The molecule has 3 nitrogen and oxygen atoms in total. The van der Waals surface area contributed by atoms with Crippen LogP contribution in [0, 0.1) is 0 Å². The molecule has 1 aromatic rings. The zero-order chi connectivity index (χ0) is 10.8. The van der Waals surface area contributed by atoms with E-state index in [1.165, 1.54) is 5.56 Å². The van der Waals surface area contributed by atoms with E-state index >= 15 is 0 Å². The second kappa shape index (κ2) is 4.11. The first kappa shape index (κ1) is 10.3. The second-order valence-electron chi connectivity index (χ2n) is 4.20. The predicted octanol–water partition coefficient (Wildman–Crippen LogP) is 2.26. The van der Waals surface area contributed by atoms with Gasteiger partial charge in [-0.05, 0) is 25.3 Å². The molecule has 1 aliphatic heterocycles. The van der Waals surface area contributed by atoms with Gasteiger partial charge in [0.1, 0.15) is 0 Å². The van der Waals surface area contributed by atoms with Gasteiger partial charge >= 0.3 is 0 Å². The Hall–Kier alpha value is -1.22. The third-order valence-electron chi connectivity index (χ3n) is 2.68. The van der Waals surface area contributed by atoms with Crippen molar-refractivity contribution < 1.29 is 9.47 Å². The van der Waals surface area contributed by atoms with E-state index in [0.717, 1.165) is 17.9 Å². The highest BCUT2D eigenvalue weighted by Gasteiger charge is 2.21. The van der Waals surface area contributed by atoms with E-state index in [9.17, 15) is 0 Å². The monoisotopic (exact) mass is 207 g/mol.